The van der Waals surface area contributed by atoms with Gasteiger partial charge in [0.15, 0.2) is 0 Å². The predicted octanol–water partition coefficient (Wildman–Crippen LogP) is 3.32. The maximum absolute atomic E-state index is 10.6. The molecule has 1 aromatic rings. The molecule has 0 amide bonds. The van der Waals surface area contributed by atoms with Crippen molar-refractivity contribution in [1.29, 1.82) is 0 Å². The first-order chi connectivity index (χ1) is 8.41. The Morgan fingerprint density at radius 3 is 2.50 bits per heavy atom. The van der Waals surface area contributed by atoms with Crippen molar-refractivity contribution in [3.63, 3.8) is 0 Å². The summed E-state index contributed by atoms with van der Waals surface area (Å²) in [6, 6.07) is 4.51. The molecule has 0 saturated heterocycles. The number of nitro groups is 1. The van der Waals surface area contributed by atoms with Gasteiger partial charge in [0.25, 0.3) is 5.69 Å². The number of benzene rings is 1. The molecule has 0 bridgehead atoms. The van der Waals surface area contributed by atoms with Gasteiger partial charge < -0.3 is 10.4 Å². The van der Waals surface area contributed by atoms with E-state index in [2.05, 4.69) is 21.2 Å². The molecule has 0 unspecified atom stereocenters. The number of nitrogens with zero attached hydrogens (tertiary/aromatic N) is 1. The smallest absolute Gasteiger partial charge is 0.270 e. The zero-order valence-electron chi connectivity index (χ0n) is 10.4. The fourth-order valence-electron chi connectivity index (χ4n) is 1.52. The van der Waals surface area contributed by atoms with Gasteiger partial charge in [-0.3, -0.25) is 10.1 Å². The topological polar surface area (TPSA) is 75.4 Å². The summed E-state index contributed by atoms with van der Waals surface area (Å²) in [7, 11) is 0. The molecule has 0 aliphatic carbocycles. The average molecular weight is 317 g/mol. The Hall–Kier alpha value is -1.14. The Morgan fingerprint density at radius 1 is 1.44 bits per heavy atom. The molecular weight excluding hydrogens is 300 g/mol. The molecule has 2 N–H and O–H groups in total. The lowest BCUT2D eigenvalue weighted by Gasteiger charge is -2.26. The van der Waals surface area contributed by atoms with Crippen LogP contribution in [0.1, 0.15) is 26.7 Å². The van der Waals surface area contributed by atoms with Crippen LogP contribution >= 0.6 is 15.9 Å². The van der Waals surface area contributed by atoms with E-state index in [0.29, 0.717) is 23.9 Å². The summed E-state index contributed by atoms with van der Waals surface area (Å²) in [5, 5.41) is 23.8. The minimum Gasteiger partial charge on any atom is -0.388 e. The number of aliphatic hydroxyl groups is 1. The Kier molecular flexibility index (Phi) is 5.10. The van der Waals surface area contributed by atoms with Gasteiger partial charge in [0.1, 0.15) is 0 Å². The van der Waals surface area contributed by atoms with Crippen LogP contribution in [-0.4, -0.2) is 22.2 Å². The highest BCUT2D eigenvalue weighted by Gasteiger charge is 2.22. The van der Waals surface area contributed by atoms with E-state index in [1.807, 2.05) is 13.8 Å². The highest BCUT2D eigenvalue weighted by atomic mass is 79.9. The summed E-state index contributed by atoms with van der Waals surface area (Å²) in [4.78, 5) is 10.2. The van der Waals surface area contributed by atoms with E-state index in [1.165, 1.54) is 12.1 Å². The van der Waals surface area contributed by atoms with E-state index in [1.54, 1.807) is 6.07 Å². The van der Waals surface area contributed by atoms with Gasteiger partial charge in [-0.1, -0.05) is 13.8 Å². The van der Waals surface area contributed by atoms with E-state index in [9.17, 15) is 15.2 Å². The van der Waals surface area contributed by atoms with E-state index in [0.717, 1.165) is 5.69 Å². The van der Waals surface area contributed by atoms with Gasteiger partial charge >= 0.3 is 0 Å². The first-order valence-electron chi connectivity index (χ1n) is 5.82. The molecule has 0 saturated carbocycles. The van der Waals surface area contributed by atoms with Gasteiger partial charge in [-0.05, 0) is 34.8 Å². The van der Waals surface area contributed by atoms with Crippen molar-refractivity contribution >= 4 is 27.3 Å². The highest BCUT2D eigenvalue weighted by Crippen LogP contribution is 2.28. The van der Waals surface area contributed by atoms with Crippen LogP contribution in [0.5, 0.6) is 0 Å². The van der Waals surface area contributed by atoms with Crippen LogP contribution in [0.3, 0.4) is 0 Å². The number of nitro benzene ring substituents is 1. The van der Waals surface area contributed by atoms with E-state index in [4.69, 9.17) is 0 Å². The van der Waals surface area contributed by atoms with Gasteiger partial charge in [-0.25, -0.2) is 0 Å². The molecular formula is C12H17BrN2O3. The molecule has 0 radical (unpaired) electrons. The molecule has 0 aliphatic rings. The van der Waals surface area contributed by atoms with Crippen LogP contribution in [0, 0.1) is 10.1 Å². The molecule has 0 atom stereocenters. The lowest BCUT2D eigenvalue weighted by Crippen LogP contribution is -2.35. The van der Waals surface area contributed by atoms with Crippen molar-refractivity contribution in [2.45, 2.75) is 32.3 Å². The van der Waals surface area contributed by atoms with Crippen LogP contribution < -0.4 is 5.32 Å². The lowest BCUT2D eigenvalue weighted by atomic mass is 9.97. The number of halogens is 1. The lowest BCUT2D eigenvalue weighted by molar-refractivity contribution is -0.384. The number of anilines is 1. The summed E-state index contributed by atoms with van der Waals surface area (Å²) >= 11 is 3.28. The monoisotopic (exact) mass is 316 g/mol. The van der Waals surface area contributed by atoms with Crippen LogP contribution in [-0.2, 0) is 0 Å². The maximum Gasteiger partial charge on any atom is 0.270 e. The minimum absolute atomic E-state index is 0.0358. The molecule has 0 aromatic heterocycles. The minimum atomic E-state index is -0.749. The number of rotatable bonds is 6. The fraction of sp³-hybridized carbons (Fsp3) is 0.500. The normalized spacial score (nSPS) is 11.3. The largest absolute Gasteiger partial charge is 0.388 e. The third-order valence-corrected chi connectivity index (χ3v) is 3.74. The van der Waals surface area contributed by atoms with Gasteiger partial charge in [-0.2, -0.15) is 0 Å². The number of hydrogen-bond acceptors (Lipinski definition) is 4. The van der Waals surface area contributed by atoms with Gasteiger partial charge in [0.2, 0.25) is 0 Å². The van der Waals surface area contributed by atoms with Crippen LogP contribution in [0.4, 0.5) is 11.4 Å². The zero-order chi connectivity index (χ0) is 13.8. The predicted molar refractivity (Wildman–Crippen MR) is 74.8 cm³/mol. The second-order valence-electron chi connectivity index (χ2n) is 4.21. The standard InChI is InChI=1S/C12H17BrN2O3/c1-3-12(16,4-2)8-14-11-6-5-9(15(17)18)7-10(11)13/h5-7,14,16H,3-4,8H2,1-2H3. The van der Waals surface area contributed by atoms with Gasteiger partial charge in [-0.15, -0.1) is 0 Å². The van der Waals surface area contributed by atoms with Crippen LogP contribution in [0.25, 0.3) is 0 Å². The zero-order valence-corrected chi connectivity index (χ0v) is 12.0. The molecule has 6 heteroatoms. The van der Waals surface area contributed by atoms with Crippen molar-refractivity contribution in [3.8, 4) is 0 Å². The first kappa shape index (κ1) is 14.9. The van der Waals surface area contributed by atoms with Gasteiger partial charge in [0, 0.05) is 28.8 Å². The molecule has 100 valence electrons. The van der Waals surface area contributed by atoms with Crippen LogP contribution in [0.15, 0.2) is 22.7 Å². The molecule has 0 aliphatic heterocycles. The van der Waals surface area contributed by atoms with Crippen LogP contribution in [0.2, 0.25) is 0 Å². The Balaban J connectivity index is 2.77. The molecule has 0 fully saturated rings. The average Bonchev–Trinajstić information content (AvgIpc) is 2.36. The van der Waals surface area contributed by atoms with E-state index >= 15 is 0 Å². The van der Waals surface area contributed by atoms with E-state index in [-0.39, 0.29) is 5.69 Å². The second kappa shape index (κ2) is 6.15. The molecule has 5 nitrogen and oxygen atoms in total. The summed E-state index contributed by atoms with van der Waals surface area (Å²) in [5.74, 6) is 0. The third-order valence-electron chi connectivity index (χ3n) is 3.09. The number of nitrogens with one attached hydrogen (secondary N) is 1. The van der Waals surface area contributed by atoms with Crippen molar-refractivity contribution < 1.29 is 10.0 Å². The third kappa shape index (κ3) is 3.68. The molecule has 1 rings (SSSR count). The van der Waals surface area contributed by atoms with Crippen molar-refractivity contribution in [2.75, 3.05) is 11.9 Å². The second-order valence-corrected chi connectivity index (χ2v) is 5.06. The molecule has 0 heterocycles. The molecule has 0 spiro atoms. The number of non-ortho nitro benzene ring substituents is 1. The van der Waals surface area contributed by atoms with Crippen molar-refractivity contribution in [3.05, 3.63) is 32.8 Å². The van der Waals surface area contributed by atoms with Crippen molar-refractivity contribution in [1.82, 2.24) is 0 Å². The quantitative estimate of drug-likeness (QED) is 0.623. The summed E-state index contributed by atoms with van der Waals surface area (Å²) < 4.78 is 0.617. The summed E-state index contributed by atoms with van der Waals surface area (Å²) in [6.07, 6.45) is 1.31. The Bertz CT molecular complexity index is 433. The number of hydrogen-bond donors (Lipinski definition) is 2. The fourth-order valence-corrected chi connectivity index (χ4v) is 2.03. The molecule has 18 heavy (non-hydrogen) atoms. The van der Waals surface area contributed by atoms with E-state index < -0.39 is 10.5 Å². The highest BCUT2D eigenvalue weighted by molar-refractivity contribution is 9.10. The molecule has 1 aromatic carbocycles. The summed E-state index contributed by atoms with van der Waals surface area (Å²) in [6.45, 7) is 4.27. The first-order valence-corrected chi connectivity index (χ1v) is 6.61. The Labute approximate surface area is 114 Å². The Morgan fingerprint density at radius 2 is 2.06 bits per heavy atom. The SMILES string of the molecule is CCC(O)(CC)CNc1ccc([N+](=O)[O-])cc1Br. The van der Waals surface area contributed by atoms with Gasteiger partial charge in [0.05, 0.1) is 10.5 Å². The summed E-state index contributed by atoms with van der Waals surface area (Å²) in [5.41, 5.74) is 0.0240. The van der Waals surface area contributed by atoms with Crippen molar-refractivity contribution in [2.24, 2.45) is 0 Å². The maximum atomic E-state index is 10.6.